The minimum atomic E-state index is 1.12. The van der Waals surface area contributed by atoms with Crippen molar-refractivity contribution in [3.05, 3.63) is 34.8 Å². The fraction of sp³-hybridized carbons (Fsp3) is 0.455. The Morgan fingerprint density at radius 3 is 3.00 bits per heavy atom. The molecule has 1 fully saturated rings. The third-order valence-electron chi connectivity index (χ3n) is 1.91. The highest BCUT2D eigenvalue weighted by molar-refractivity contribution is 8.03. The molecule has 0 aliphatic carbocycles. The average Bonchev–Trinajstić information content (AvgIpc) is 2.52. The minimum absolute atomic E-state index is 1.12. The number of allylic oxidation sites excluding steroid dienone is 5. The SMILES string of the molecule is C/C=C1/CCS/C1=C/C=CCC. The molecular formula is C11H16S. The summed E-state index contributed by atoms with van der Waals surface area (Å²) in [5.74, 6) is 1.26. The highest BCUT2D eigenvalue weighted by Gasteiger charge is 2.11. The van der Waals surface area contributed by atoms with Gasteiger partial charge < -0.3 is 0 Å². The van der Waals surface area contributed by atoms with Crippen LogP contribution >= 0.6 is 11.8 Å². The van der Waals surface area contributed by atoms with E-state index in [0.29, 0.717) is 0 Å². The highest BCUT2D eigenvalue weighted by atomic mass is 32.2. The predicted molar refractivity (Wildman–Crippen MR) is 58.3 cm³/mol. The van der Waals surface area contributed by atoms with Gasteiger partial charge in [0.15, 0.2) is 0 Å². The van der Waals surface area contributed by atoms with E-state index in [1.165, 1.54) is 22.7 Å². The molecule has 0 bridgehead atoms. The van der Waals surface area contributed by atoms with Crippen LogP contribution in [-0.4, -0.2) is 5.75 Å². The van der Waals surface area contributed by atoms with Crippen molar-refractivity contribution < 1.29 is 0 Å². The van der Waals surface area contributed by atoms with Gasteiger partial charge in [0.25, 0.3) is 0 Å². The van der Waals surface area contributed by atoms with E-state index in [1.54, 1.807) is 0 Å². The molecule has 0 aromatic rings. The molecule has 0 atom stereocenters. The maximum absolute atomic E-state index is 2.23. The Hall–Kier alpha value is -0.430. The summed E-state index contributed by atoms with van der Waals surface area (Å²) >= 11 is 1.97. The van der Waals surface area contributed by atoms with Gasteiger partial charge in [-0.1, -0.05) is 25.2 Å². The van der Waals surface area contributed by atoms with Crippen LogP contribution in [0.15, 0.2) is 34.8 Å². The second-order valence-corrected chi connectivity index (χ2v) is 3.92. The first-order valence-electron chi connectivity index (χ1n) is 4.53. The van der Waals surface area contributed by atoms with Crippen LogP contribution in [0.4, 0.5) is 0 Å². The molecule has 1 aliphatic rings. The first-order chi connectivity index (χ1) is 5.88. The van der Waals surface area contributed by atoms with Gasteiger partial charge in [-0.2, -0.15) is 0 Å². The van der Waals surface area contributed by atoms with Crippen molar-refractivity contribution in [3.63, 3.8) is 0 Å². The van der Waals surface area contributed by atoms with E-state index in [9.17, 15) is 0 Å². The Morgan fingerprint density at radius 2 is 2.33 bits per heavy atom. The first kappa shape index (κ1) is 9.66. The summed E-state index contributed by atoms with van der Waals surface area (Å²) in [5, 5.41) is 0. The lowest BCUT2D eigenvalue weighted by molar-refractivity contribution is 1.19. The number of rotatable bonds is 2. The maximum Gasteiger partial charge on any atom is 0.0101 e. The molecule has 0 N–H and O–H groups in total. The molecule has 66 valence electrons. The van der Waals surface area contributed by atoms with E-state index in [1.807, 2.05) is 11.8 Å². The van der Waals surface area contributed by atoms with Crippen molar-refractivity contribution in [2.75, 3.05) is 5.75 Å². The fourth-order valence-corrected chi connectivity index (χ4v) is 2.34. The summed E-state index contributed by atoms with van der Waals surface area (Å²) in [5.41, 5.74) is 1.51. The Morgan fingerprint density at radius 1 is 1.50 bits per heavy atom. The summed E-state index contributed by atoms with van der Waals surface area (Å²) in [6.07, 6.45) is 11.2. The van der Waals surface area contributed by atoms with Crippen molar-refractivity contribution in [1.29, 1.82) is 0 Å². The topological polar surface area (TPSA) is 0 Å². The second kappa shape index (κ2) is 5.26. The molecule has 1 heteroatoms. The summed E-state index contributed by atoms with van der Waals surface area (Å²) in [6, 6.07) is 0. The molecule has 1 aliphatic heterocycles. The third-order valence-corrected chi connectivity index (χ3v) is 3.03. The molecule has 1 heterocycles. The van der Waals surface area contributed by atoms with E-state index in [2.05, 4.69) is 38.2 Å². The van der Waals surface area contributed by atoms with E-state index in [4.69, 9.17) is 0 Å². The van der Waals surface area contributed by atoms with Crippen molar-refractivity contribution in [3.8, 4) is 0 Å². The van der Waals surface area contributed by atoms with E-state index < -0.39 is 0 Å². The molecule has 1 saturated heterocycles. The molecular weight excluding hydrogens is 164 g/mol. The third kappa shape index (κ3) is 2.56. The Bertz CT molecular complexity index is 221. The van der Waals surface area contributed by atoms with Crippen molar-refractivity contribution in [1.82, 2.24) is 0 Å². The first-order valence-corrected chi connectivity index (χ1v) is 5.52. The average molecular weight is 180 g/mol. The van der Waals surface area contributed by atoms with Crippen LogP contribution in [0.5, 0.6) is 0 Å². The van der Waals surface area contributed by atoms with Crippen molar-refractivity contribution in [2.45, 2.75) is 26.7 Å². The Kier molecular flexibility index (Phi) is 4.23. The van der Waals surface area contributed by atoms with Gasteiger partial charge >= 0.3 is 0 Å². The second-order valence-electron chi connectivity index (χ2n) is 2.78. The lowest BCUT2D eigenvalue weighted by Crippen LogP contribution is -1.73. The molecule has 0 unspecified atom stereocenters. The largest absolute Gasteiger partial charge is 0.126 e. The smallest absolute Gasteiger partial charge is 0.0101 e. The van der Waals surface area contributed by atoms with Crippen molar-refractivity contribution in [2.24, 2.45) is 0 Å². The number of hydrogen-bond acceptors (Lipinski definition) is 1. The zero-order valence-electron chi connectivity index (χ0n) is 7.84. The van der Waals surface area contributed by atoms with Gasteiger partial charge in [-0.3, -0.25) is 0 Å². The van der Waals surface area contributed by atoms with E-state index in [-0.39, 0.29) is 0 Å². The van der Waals surface area contributed by atoms with Gasteiger partial charge in [-0.25, -0.2) is 0 Å². The predicted octanol–water partition coefficient (Wildman–Crippen LogP) is 3.92. The van der Waals surface area contributed by atoms with Crippen LogP contribution in [0.3, 0.4) is 0 Å². The molecule has 0 spiro atoms. The zero-order valence-corrected chi connectivity index (χ0v) is 8.66. The van der Waals surface area contributed by atoms with Crippen LogP contribution in [0.25, 0.3) is 0 Å². The van der Waals surface area contributed by atoms with Gasteiger partial charge in [0.1, 0.15) is 0 Å². The summed E-state index contributed by atoms with van der Waals surface area (Å²) in [7, 11) is 0. The summed E-state index contributed by atoms with van der Waals surface area (Å²) in [4.78, 5) is 1.46. The zero-order chi connectivity index (χ0) is 8.81. The number of thioether (sulfide) groups is 1. The van der Waals surface area contributed by atoms with Gasteiger partial charge in [0.2, 0.25) is 0 Å². The van der Waals surface area contributed by atoms with Gasteiger partial charge in [-0.05, 0) is 31.4 Å². The highest BCUT2D eigenvalue weighted by Crippen LogP contribution is 2.35. The van der Waals surface area contributed by atoms with Crippen LogP contribution in [0.2, 0.25) is 0 Å². The summed E-state index contributed by atoms with van der Waals surface area (Å²) < 4.78 is 0. The molecule has 1 rings (SSSR count). The van der Waals surface area contributed by atoms with E-state index >= 15 is 0 Å². The van der Waals surface area contributed by atoms with Crippen LogP contribution < -0.4 is 0 Å². The molecule has 0 aromatic heterocycles. The van der Waals surface area contributed by atoms with Gasteiger partial charge in [0.05, 0.1) is 0 Å². The monoisotopic (exact) mass is 180 g/mol. The molecule has 0 aromatic carbocycles. The summed E-state index contributed by atoms with van der Waals surface area (Å²) in [6.45, 7) is 4.28. The minimum Gasteiger partial charge on any atom is -0.126 e. The molecule has 12 heavy (non-hydrogen) atoms. The van der Waals surface area contributed by atoms with E-state index in [0.717, 1.165) is 6.42 Å². The lowest BCUT2D eigenvalue weighted by Gasteiger charge is -1.94. The quantitative estimate of drug-likeness (QED) is 0.620. The van der Waals surface area contributed by atoms with Crippen LogP contribution in [0, 0.1) is 0 Å². The van der Waals surface area contributed by atoms with Crippen LogP contribution in [0.1, 0.15) is 26.7 Å². The lowest BCUT2D eigenvalue weighted by atomic mass is 10.2. The molecule has 0 nitrogen and oxygen atoms in total. The van der Waals surface area contributed by atoms with Gasteiger partial charge in [-0.15, -0.1) is 11.8 Å². The molecule has 0 amide bonds. The molecule has 0 saturated carbocycles. The van der Waals surface area contributed by atoms with Gasteiger partial charge in [0, 0.05) is 10.7 Å². The molecule has 0 radical (unpaired) electrons. The number of hydrogen-bond donors (Lipinski definition) is 0. The Labute approximate surface area is 79.4 Å². The fourth-order valence-electron chi connectivity index (χ4n) is 1.22. The maximum atomic E-state index is 2.23. The van der Waals surface area contributed by atoms with Crippen LogP contribution in [-0.2, 0) is 0 Å². The Balaban J connectivity index is 2.61. The van der Waals surface area contributed by atoms with Crippen molar-refractivity contribution >= 4 is 11.8 Å². The standard InChI is InChI=1S/C11H16S/c1-3-5-6-7-11-10(4-2)8-9-12-11/h4-7H,3,8-9H2,1-2H3/b6-5?,10-4-,11-7+. The normalized spacial score (nSPS) is 24.8.